The molecule has 0 saturated carbocycles. The molecular formula is C24H16Cl2O3. The molecule has 0 aliphatic heterocycles. The predicted molar refractivity (Wildman–Crippen MR) is 118 cm³/mol. The first-order chi connectivity index (χ1) is 13.9. The number of rotatable bonds is 2. The fourth-order valence-electron chi connectivity index (χ4n) is 4.10. The second-order valence-electron chi connectivity index (χ2n) is 7.48. The lowest BCUT2D eigenvalue weighted by Gasteiger charge is -2.15. The van der Waals surface area contributed by atoms with E-state index in [9.17, 15) is 9.90 Å². The summed E-state index contributed by atoms with van der Waals surface area (Å²) in [5, 5.41) is 12.4. The maximum atomic E-state index is 11.8. The van der Waals surface area contributed by atoms with Gasteiger partial charge in [-0.3, -0.25) is 0 Å². The minimum atomic E-state index is -1.05. The molecule has 5 rings (SSSR count). The van der Waals surface area contributed by atoms with Crippen molar-refractivity contribution < 1.29 is 14.3 Å². The van der Waals surface area contributed by atoms with E-state index < -0.39 is 5.97 Å². The van der Waals surface area contributed by atoms with Crippen LogP contribution in [0, 0.1) is 5.92 Å². The third-order valence-electron chi connectivity index (χ3n) is 5.48. The molecule has 144 valence electrons. The molecule has 1 aliphatic carbocycles. The van der Waals surface area contributed by atoms with Crippen molar-refractivity contribution >= 4 is 57.2 Å². The van der Waals surface area contributed by atoms with E-state index in [-0.39, 0.29) is 5.56 Å². The van der Waals surface area contributed by atoms with Gasteiger partial charge in [0.05, 0.1) is 10.6 Å². The van der Waals surface area contributed by atoms with E-state index in [1.165, 1.54) is 11.6 Å². The van der Waals surface area contributed by atoms with Gasteiger partial charge in [-0.1, -0.05) is 48.3 Å². The van der Waals surface area contributed by atoms with E-state index in [2.05, 4.69) is 25.1 Å². The van der Waals surface area contributed by atoms with Crippen molar-refractivity contribution in [3.05, 3.63) is 75.3 Å². The van der Waals surface area contributed by atoms with Crippen LogP contribution < -0.4 is 0 Å². The first-order valence-electron chi connectivity index (χ1n) is 9.31. The summed E-state index contributed by atoms with van der Waals surface area (Å²) in [5.41, 5.74) is 5.06. The van der Waals surface area contributed by atoms with Gasteiger partial charge in [0, 0.05) is 26.9 Å². The number of halogens is 2. The van der Waals surface area contributed by atoms with E-state index in [0.29, 0.717) is 32.7 Å². The Hall–Kier alpha value is -2.75. The molecule has 0 bridgehead atoms. The van der Waals surface area contributed by atoms with Crippen LogP contribution in [-0.2, 0) is 6.42 Å². The van der Waals surface area contributed by atoms with Gasteiger partial charge in [0.1, 0.15) is 11.2 Å². The fourth-order valence-corrected chi connectivity index (χ4v) is 4.52. The fraction of sp³-hybridized carbons (Fsp3) is 0.125. The molecule has 3 nitrogen and oxygen atoms in total. The van der Waals surface area contributed by atoms with Crippen LogP contribution in [0.25, 0.3) is 39.1 Å². The summed E-state index contributed by atoms with van der Waals surface area (Å²) < 4.78 is 6.23. The summed E-state index contributed by atoms with van der Waals surface area (Å²) in [4.78, 5) is 11.8. The van der Waals surface area contributed by atoms with Gasteiger partial charge in [-0.05, 0) is 59.9 Å². The first-order valence-corrected chi connectivity index (χ1v) is 10.1. The minimum Gasteiger partial charge on any atom is -0.478 e. The van der Waals surface area contributed by atoms with Crippen molar-refractivity contribution in [2.24, 2.45) is 5.92 Å². The Morgan fingerprint density at radius 1 is 1.10 bits per heavy atom. The maximum Gasteiger partial charge on any atom is 0.336 e. The molecule has 0 spiro atoms. The zero-order valence-electron chi connectivity index (χ0n) is 15.5. The van der Waals surface area contributed by atoms with E-state index in [1.807, 2.05) is 6.07 Å². The van der Waals surface area contributed by atoms with Crippen LogP contribution >= 0.6 is 23.2 Å². The molecule has 29 heavy (non-hydrogen) atoms. The van der Waals surface area contributed by atoms with Gasteiger partial charge < -0.3 is 9.52 Å². The molecule has 3 aromatic carbocycles. The van der Waals surface area contributed by atoms with Crippen LogP contribution in [0.2, 0.25) is 10.0 Å². The third-order valence-corrected chi connectivity index (χ3v) is 6.03. The Morgan fingerprint density at radius 2 is 1.90 bits per heavy atom. The zero-order valence-corrected chi connectivity index (χ0v) is 17.0. The number of carboxylic acid groups (broad SMARTS) is 1. The van der Waals surface area contributed by atoms with Crippen LogP contribution in [-0.4, -0.2) is 11.1 Å². The second kappa shape index (κ2) is 6.65. The number of furan rings is 1. The lowest BCUT2D eigenvalue weighted by Crippen LogP contribution is -2.02. The highest BCUT2D eigenvalue weighted by Crippen LogP contribution is 2.42. The van der Waals surface area contributed by atoms with Gasteiger partial charge >= 0.3 is 5.97 Å². The molecule has 1 heterocycles. The Morgan fingerprint density at radius 3 is 2.69 bits per heavy atom. The highest BCUT2D eigenvalue weighted by Gasteiger charge is 2.21. The van der Waals surface area contributed by atoms with Crippen LogP contribution in [0.15, 0.2) is 53.0 Å². The molecular weight excluding hydrogens is 407 g/mol. The number of allylic oxidation sites excluding steroid dienone is 1. The van der Waals surface area contributed by atoms with Crippen LogP contribution in [0.3, 0.4) is 0 Å². The van der Waals surface area contributed by atoms with Crippen molar-refractivity contribution in [1.82, 2.24) is 0 Å². The highest BCUT2D eigenvalue weighted by molar-refractivity contribution is 6.38. The number of aromatic carboxylic acids is 1. The summed E-state index contributed by atoms with van der Waals surface area (Å²) in [6.45, 7) is 2.19. The van der Waals surface area contributed by atoms with Gasteiger partial charge in [-0.25, -0.2) is 4.79 Å². The summed E-state index contributed by atoms with van der Waals surface area (Å²) in [5.74, 6) is -0.562. The van der Waals surface area contributed by atoms with Gasteiger partial charge in [0.15, 0.2) is 0 Å². The second-order valence-corrected chi connectivity index (χ2v) is 8.33. The first kappa shape index (κ1) is 18.3. The number of hydrogen-bond acceptors (Lipinski definition) is 2. The van der Waals surface area contributed by atoms with Gasteiger partial charge in [0.2, 0.25) is 0 Å². The Kier molecular flexibility index (Phi) is 4.19. The van der Waals surface area contributed by atoms with Crippen molar-refractivity contribution in [1.29, 1.82) is 0 Å². The number of benzene rings is 3. The summed E-state index contributed by atoms with van der Waals surface area (Å²) in [6, 6.07) is 12.6. The number of fused-ring (bicyclic) bond motifs is 4. The quantitative estimate of drug-likeness (QED) is 0.364. The van der Waals surface area contributed by atoms with Gasteiger partial charge in [0.25, 0.3) is 0 Å². The minimum absolute atomic E-state index is 0.123. The highest BCUT2D eigenvalue weighted by atomic mass is 35.5. The lowest BCUT2D eigenvalue weighted by molar-refractivity contribution is 0.0697. The van der Waals surface area contributed by atoms with Crippen LogP contribution in [0.5, 0.6) is 0 Å². The summed E-state index contributed by atoms with van der Waals surface area (Å²) in [7, 11) is 0. The summed E-state index contributed by atoms with van der Waals surface area (Å²) in [6.07, 6.45) is 5.29. The topological polar surface area (TPSA) is 50.4 Å². The molecule has 1 aliphatic rings. The van der Waals surface area contributed by atoms with Crippen LogP contribution in [0.1, 0.15) is 28.4 Å². The summed E-state index contributed by atoms with van der Waals surface area (Å²) >= 11 is 12.6. The van der Waals surface area contributed by atoms with E-state index in [4.69, 9.17) is 27.6 Å². The molecule has 4 aromatic rings. The Labute approximate surface area is 177 Å². The molecule has 0 amide bonds. The number of hydrogen-bond donors (Lipinski definition) is 1. The molecule has 0 saturated heterocycles. The molecule has 5 heteroatoms. The number of carboxylic acids is 1. The average Bonchev–Trinajstić information content (AvgIpc) is 3.06. The zero-order chi connectivity index (χ0) is 20.3. The molecule has 0 fully saturated rings. The van der Waals surface area contributed by atoms with Gasteiger partial charge in [-0.2, -0.15) is 0 Å². The third kappa shape index (κ3) is 2.93. The van der Waals surface area contributed by atoms with Crippen molar-refractivity contribution in [3.8, 4) is 11.1 Å². The lowest BCUT2D eigenvalue weighted by atomic mass is 9.89. The predicted octanol–water partition coefficient (Wildman–Crippen LogP) is 7.46. The average molecular weight is 423 g/mol. The van der Waals surface area contributed by atoms with E-state index >= 15 is 0 Å². The largest absolute Gasteiger partial charge is 0.478 e. The molecule has 1 aromatic heterocycles. The van der Waals surface area contributed by atoms with Crippen molar-refractivity contribution in [2.75, 3.05) is 0 Å². The molecule has 1 unspecified atom stereocenters. The van der Waals surface area contributed by atoms with E-state index in [0.717, 1.165) is 28.3 Å². The smallest absolute Gasteiger partial charge is 0.336 e. The molecule has 1 atom stereocenters. The Bertz CT molecular complexity index is 1350. The maximum absolute atomic E-state index is 11.8. The van der Waals surface area contributed by atoms with Crippen molar-refractivity contribution in [2.45, 2.75) is 13.3 Å². The standard InChI is InChI=1S/C24H16Cl2O3/c1-12-2-3-13-10-21-19(9-14(13)8-12)22-20(26)7-6-17(23(22)29-21)16-5-4-15(25)11-18(16)24(27)28/h2-7,9-12H,8H2,1H3,(H,27,28). The SMILES string of the molecule is CC1C=Cc2cc3oc4c(-c5ccc(Cl)cc5C(=O)O)ccc(Cl)c4c3cc2C1. The van der Waals surface area contributed by atoms with Crippen LogP contribution in [0.4, 0.5) is 0 Å². The van der Waals surface area contributed by atoms with Gasteiger partial charge in [-0.15, -0.1) is 0 Å². The molecule has 1 N–H and O–H groups in total. The van der Waals surface area contributed by atoms with E-state index in [1.54, 1.807) is 24.3 Å². The molecule has 0 radical (unpaired) electrons. The monoisotopic (exact) mass is 422 g/mol. The normalized spacial score (nSPS) is 15.8. The number of carbonyl (C=O) groups is 1. The van der Waals surface area contributed by atoms with Crippen molar-refractivity contribution in [3.63, 3.8) is 0 Å². The Balaban J connectivity index is 1.84.